The van der Waals surface area contributed by atoms with Crippen LogP contribution >= 0.6 is 0 Å². The molecule has 2 heterocycles. The maximum atomic E-state index is 12.9. The fourth-order valence-electron chi connectivity index (χ4n) is 2.74. The molecule has 0 bridgehead atoms. The van der Waals surface area contributed by atoms with E-state index in [4.69, 9.17) is 13.6 Å². The Morgan fingerprint density at radius 3 is 2.60 bits per heavy atom. The highest BCUT2D eigenvalue weighted by molar-refractivity contribution is 6.05. The summed E-state index contributed by atoms with van der Waals surface area (Å²) in [4.78, 5) is 36.1. The van der Waals surface area contributed by atoms with E-state index >= 15 is 0 Å². The van der Waals surface area contributed by atoms with Gasteiger partial charge in [-0.2, -0.15) is 0 Å². The van der Waals surface area contributed by atoms with Gasteiger partial charge in [0.25, 0.3) is 0 Å². The van der Waals surface area contributed by atoms with Gasteiger partial charge in [0.2, 0.25) is 11.0 Å². The molecule has 0 aliphatic rings. The number of benzene rings is 2. The summed E-state index contributed by atoms with van der Waals surface area (Å²) in [5.41, 5.74) is -0.657. The molecule has 0 spiro atoms. The zero-order valence-corrected chi connectivity index (χ0v) is 13.2. The van der Waals surface area contributed by atoms with Gasteiger partial charge in [0.15, 0.2) is 5.78 Å². The van der Waals surface area contributed by atoms with Gasteiger partial charge in [-0.05, 0) is 25.1 Å². The lowest BCUT2D eigenvalue weighted by atomic mass is 10.1. The van der Waals surface area contributed by atoms with Crippen molar-refractivity contribution in [3.05, 3.63) is 63.1 Å². The number of carbonyl (C=O) groups is 1. The lowest BCUT2D eigenvalue weighted by molar-refractivity contribution is -0.118. The summed E-state index contributed by atoms with van der Waals surface area (Å²) in [6.45, 7) is 1.32. The highest BCUT2D eigenvalue weighted by atomic mass is 16.5. The van der Waals surface area contributed by atoms with Gasteiger partial charge in [-0.3, -0.25) is 9.59 Å². The highest BCUT2D eigenvalue weighted by Crippen LogP contribution is 2.25. The van der Waals surface area contributed by atoms with E-state index in [1.165, 1.54) is 13.0 Å². The van der Waals surface area contributed by atoms with E-state index in [0.717, 1.165) is 0 Å². The molecule has 124 valence electrons. The van der Waals surface area contributed by atoms with Crippen molar-refractivity contribution in [3.8, 4) is 5.75 Å². The van der Waals surface area contributed by atoms with E-state index in [1.54, 1.807) is 36.4 Å². The molecule has 0 N–H and O–H groups in total. The zero-order valence-electron chi connectivity index (χ0n) is 13.2. The van der Waals surface area contributed by atoms with E-state index in [2.05, 4.69) is 0 Å². The third-order valence-electron chi connectivity index (χ3n) is 3.85. The monoisotopic (exact) mass is 336 g/mol. The number of Topliss-reactive ketones (excluding diaryl/α,β-unsaturated/α-hetero) is 1. The van der Waals surface area contributed by atoms with Crippen LogP contribution in [0.25, 0.3) is 32.9 Å². The molecule has 25 heavy (non-hydrogen) atoms. The van der Waals surface area contributed by atoms with Crippen molar-refractivity contribution < 1.29 is 18.4 Å². The Hall–Kier alpha value is -3.41. The Morgan fingerprint density at radius 2 is 1.80 bits per heavy atom. The van der Waals surface area contributed by atoms with Crippen LogP contribution in [-0.2, 0) is 4.79 Å². The summed E-state index contributed by atoms with van der Waals surface area (Å²) in [5.74, 6) is 0.238. The molecule has 0 saturated heterocycles. The Kier molecular flexibility index (Phi) is 3.39. The molecular formula is C19H12O6. The minimum Gasteiger partial charge on any atom is -0.486 e. The van der Waals surface area contributed by atoms with Crippen molar-refractivity contribution in [3.63, 3.8) is 0 Å². The van der Waals surface area contributed by atoms with E-state index in [0.29, 0.717) is 22.1 Å². The molecule has 2 aromatic carbocycles. The minimum absolute atomic E-state index is 0.0872. The summed E-state index contributed by atoms with van der Waals surface area (Å²) in [6, 6.07) is 11.4. The normalized spacial score (nSPS) is 11.2. The second-order valence-corrected chi connectivity index (χ2v) is 5.67. The average Bonchev–Trinajstić information content (AvgIpc) is 2.60. The molecule has 0 amide bonds. The smallest absolute Gasteiger partial charge is 0.380 e. The Morgan fingerprint density at radius 1 is 1.00 bits per heavy atom. The quantitative estimate of drug-likeness (QED) is 0.325. The number of ketones is 1. The molecule has 2 aromatic heterocycles. The molecule has 6 heteroatoms. The number of fused-ring (bicyclic) bond motifs is 4. The van der Waals surface area contributed by atoms with Crippen LogP contribution in [0.4, 0.5) is 0 Å². The van der Waals surface area contributed by atoms with E-state index in [1.807, 2.05) is 0 Å². The topological polar surface area (TPSA) is 86.7 Å². The zero-order chi connectivity index (χ0) is 17.6. The first-order chi connectivity index (χ1) is 12.0. The molecule has 6 nitrogen and oxygen atoms in total. The Labute approximate surface area is 140 Å². The van der Waals surface area contributed by atoms with Crippen molar-refractivity contribution in [2.75, 3.05) is 6.61 Å². The van der Waals surface area contributed by atoms with Crippen LogP contribution in [0.5, 0.6) is 5.75 Å². The van der Waals surface area contributed by atoms with Gasteiger partial charge in [0.1, 0.15) is 23.5 Å². The summed E-state index contributed by atoms with van der Waals surface area (Å²) in [7, 11) is 0. The van der Waals surface area contributed by atoms with Crippen LogP contribution < -0.4 is 15.8 Å². The lowest BCUT2D eigenvalue weighted by Crippen LogP contribution is -2.10. The van der Waals surface area contributed by atoms with Crippen LogP contribution in [0.15, 0.2) is 60.9 Å². The van der Waals surface area contributed by atoms with E-state index in [9.17, 15) is 14.4 Å². The number of hydrogen-bond donors (Lipinski definition) is 0. The van der Waals surface area contributed by atoms with Gasteiger partial charge >= 0.3 is 5.63 Å². The fraction of sp³-hybridized carbons (Fsp3) is 0.105. The molecule has 0 saturated carbocycles. The maximum absolute atomic E-state index is 12.9. The van der Waals surface area contributed by atoms with Crippen LogP contribution in [0.2, 0.25) is 0 Å². The number of rotatable bonds is 3. The Balaban J connectivity index is 2.05. The highest BCUT2D eigenvalue weighted by Gasteiger charge is 2.16. The first-order valence-electron chi connectivity index (χ1n) is 7.59. The third kappa shape index (κ3) is 2.48. The summed E-state index contributed by atoms with van der Waals surface area (Å²) < 4.78 is 16.2. The molecule has 0 aliphatic carbocycles. The Bertz CT molecular complexity index is 1260. The SMILES string of the molecule is CC(=O)COc1ccc2c(=O)c3c(oc2c1)c(=O)oc1ccccc13. The minimum atomic E-state index is -0.720. The summed E-state index contributed by atoms with van der Waals surface area (Å²) in [5, 5.41) is 1.03. The number of ether oxygens (including phenoxy) is 1. The van der Waals surface area contributed by atoms with E-state index in [-0.39, 0.29) is 34.4 Å². The third-order valence-corrected chi connectivity index (χ3v) is 3.85. The predicted octanol–water partition coefficient (Wildman–Crippen LogP) is 3.02. The van der Waals surface area contributed by atoms with Crippen LogP contribution in [0.3, 0.4) is 0 Å². The first-order valence-corrected chi connectivity index (χ1v) is 7.59. The molecule has 4 aromatic rings. The van der Waals surface area contributed by atoms with Gasteiger partial charge in [-0.25, -0.2) is 4.79 Å². The summed E-state index contributed by atoms with van der Waals surface area (Å²) >= 11 is 0. The number of carbonyl (C=O) groups excluding carboxylic acids is 1. The van der Waals surface area contributed by atoms with Crippen molar-refractivity contribution >= 4 is 38.7 Å². The molecule has 0 unspecified atom stereocenters. The second-order valence-electron chi connectivity index (χ2n) is 5.67. The fourth-order valence-corrected chi connectivity index (χ4v) is 2.74. The first kappa shape index (κ1) is 15.1. The number of hydrogen-bond acceptors (Lipinski definition) is 6. The standard InChI is InChI=1S/C19H12O6/c1-10(20)9-23-11-6-7-13-15(8-11)24-18-16(17(13)21)12-4-2-3-5-14(12)25-19(18)22/h2-8H,9H2,1H3. The van der Waals surface area contributed by atoms with Crippen molar-refractivity contribution in [1.29, 1.82) is 0 Å². The summed E-state index contributed by atoms with van der Waals surface area (Å²) in [6.07, 6.45) is 0. The van der Waals surface area contributed by atoms with Crippen LogP contribution in [0, 0.1) is 0 Å². The maximum Gasteiger partial charge on any atom is 0.380 e. The van der Waals surface area contributed by atoms with Gasteiger partial charge in [0, 0.05) is 11.5 Å². The predicted molar refractivity (Wildman–Crippen MR) is 92.2 cm³/mol. The van der Waals surface area contributed by atoms with Crippen molar-refractivity contribution in [2.45, 2.75) is 6.92 Å². The van der Waals surface area contributed by atoms with Crippen LogP contribution in [0.1, 0.15) is 6.92 Å². The van der Waals surface area contributed by atoms with Crippen molar-refractivity contribution in [2.24, 2.45) is 0 Å². The largest absolute Gasteiger partial charge is 0.486 e. The molecule has 0 fully saturated rings. The second kappa shape index (κ2) is 5.59. The molecular weight excluding hydrogens is 324 g/mol. The molecule has 0 atom stereocenters. The molecule has 0 aliphatic heterocycles. The van der Waals surface area contributed by atoms with Gasteiger partial charge in [0.05, 0.1) is 10.8 Å². The average molecular weight is 336 g/mol. The molecule has 4 rings (SSSR count). The number of para-hydroxylation sites is 1. The van der Waals surface area contributed by atoms with Crippen molar-refractivity contribution in [1.82, 2.24) is 0 Å². The molecule has 0 radical (unpaired) electrons. The lowest BCUT2D eigenvalue weighted by Gasteiger charge is -2.06. The van der Waals surface area contributed by atoms with Gasteiger partial charge in [-0.15, -0.1) is 0 Å². The van der Waals surface area contributed by atoms with Gasteiger partial charge < -0.3 is 13.6 Å². The van der Waals surface area contributed by atoms with Gasteiger partial charge in [-0.1, -0.05) is 18.2 Å². The van der Waals surface area contributed by atoms with E-state index < -0.39 is 5.63 Å². The van der Waals surface area contributed by atoms with Crippen LogP contribution in [-0.4, -0.2) is 12.4 Å².